The van der Waals surface area contributed by atoms with Gasteiger partial charge in [0.1, 0.15) is 6.10 Å². The maximum Gasteiger partial charge on any atom is 0.306 e. The third-order valence-electron chi connectivity index (χ3n) is 10.0. The van der Waals surface area contributed by atoms with Crippen molar-refractivity contribution in [1.29, 1.82) is 0 Å². The number of hydrogen-bond donors (Lipinski definition) is 1. The van der Waals surface area contributed by atoms with Crippen molar-refractivity contribution in [2.75, 3.05) is 13.1 Å². The number of carbonyl (C=O) groups is 2. The van der Waals surface area contributed by atoms with E-state index < -0.39 is 0 Å². The van der Waals surface area contributed by atoms with E-state index in [1.54, 1.807) is 0 Å². The Morgan fingerprint density at radius 1 is 0.449 bits per heavy atom. The summed E-state index contributed by atoms with van der Waals surface area (Å²) in [7, 11) is 0. The van der Waals surface area contributed by atoms with Gasteiger partial charge in [0.25, 0.3) is 0 Å². The molecule has 0 aromatic heterocycles. The van der Waals surface area contributed by atoms with Crippen LogP contribution in [0.15, 0.2) is 0 Å². The number of unbranched alkanes of at least 4 members (excludes halogenated alkanes) is 23. The van der Waals surface area contributed by atoms with Gasteiger partial charge >= 0.3 is 11.9 Å². The Labute approximate surface area is 306 Å². The van der Waals surface area contributed by atoms with Crippen LogP contribution in [-0.2, 0) is 19.1 Å². The molecule has 0 rings (SSSR count). The summed E-state index contributed by atoms with van der Waals surface area (Å²) in [4.78, 5) is 24.7. The Hall–Kier alpha value is -1.14. The average Bonchev–Trinajstić information content (AvgIpc) is 3.08. The number of ether oxygens (including phenoxy) is 2. The highest BCUT2D eigenvalue weighted by Gasteiger charge is 2.14. The summed E-state index contributed by atoms with van der Waals surface area (Å²) in [5, 5.41) is 1.97. The molecule has 1 atom stereocenters. The number of nitrogens with two attached hydrogens (primary N) is 1. The molecule has 0 bridgehead atoms. The van der Waals surface area contributed by atoms with Gasteiger partial charge in [0.15, 0.2) is 0 Å². The second-order valence-corrected chi connectivity index (χ2v) is 15.2. The SMILES string of the molecule is CCCCCCCCC(C)OC(=O)CCCCCCCN(N)CCCCCCCC(=O)OC(CCCCCCCC)CCCCCCCC. The molecular weight excluding hydrogens is 608 g/mol. The molecule has 49 heavy (non-hydrogen) atoms. The van der Waals surface area contributed by atoms with Gasteiger partial charge in [0.05, 0.1) is 6.10 Å². The largest absolute Gasteiger partial charge is 0.463 e. The van der Waals surface area contributed by atoms with Crippen LogP contribution < -0.4 is 5.84 Å². The van der Waals surface area contributed by atoms with Crippen molar-refractivity contribution in [2.45, 2.75) is 252 Å². The fraction of sp³-hybridized carbons (Fsp3) is 0.953. The normalized spacial score (nSPS) is 12.2. The van der Waals surface area contributed by atoms with Crippen LogP contribution in [0.1, 0.15) is 240 Å². The lowest BCUT2D eigenvalue weighted by atomic mass is 10.0. The van der Waals surface area contributed by atoms with Crippen molar-refractivity contribution >= 4 is 11.9 Å². The molecule has 0 aliphatic carbocycles. The van der Waals surface area contributed by atoms with Crippen molar-refractivity contribution in [1.82, 2.24) is 5.01 Å². The number of esters is 2. The van der Waals surface area contributed by atoms with Crippen molar-refractivity contribution in [3.8, 4) is 0 Å². The predicted molar refractivity (Wildman–Crippen MR) is 211 cm³/mol. The summed E-state index contributed by atoms with van der Waals surface area (Å²) in [5.74, 6) is 6.22. The number of rotatable bonds is 39. The molecule has 0 aromatic carbocycles. The second-order valence-electron chi connectivity index (χ2n) is 15.2. The van der Waals surface area contributed by atoms with Gasteiger partial charge in [-0.3, -0.25) is 15.4 Å². The van der Waals surface area contributed by atoms with E-state index in [-0.39, 0.29) is 24.1 Å². The average molecular weight is 695 g/mol. The molecule has 0 spiro atoms. The third kappa shape index (κ3) is 36.5. The minimum Gasteiger partial charge on any atom is -0.463 e. The van der Waals surface area contributed by atoms with Crippen molar-refractivity contribution in [2.24, 2.45) is 5.84 Å². The van der Waals surface area contributed by atoms with E-state index in [0.717, 1.165) is 103 Å². The van der Waals surface area contributed by atoms with Gasteiger partial charge < -0.3 is 9.47 Å². The fourth-order valence-corrected chi connectivity index (χ4v) is 6.71. The number of hydrogen-bond acceptors (Lipinski definition) is 6. The zero-order valence-electron chi connectivity index (χ0n) is 33.6. The van der Waals surface area contributed by atoms with Crippen LogP contribution in [0, 0.1) is 0 Å². The monoisotopic (exact) mass is 695 g/mol. The van der Waals surface area contributed by atoms with E-state index in [9.17, 15) is 9.59 Å². The molecule has 0 aliphatic heterocycles. The molecule has 0 heterocycles. The summed E-state index contributed by atoms with van der Waals surface area (Å²) in [6, 6.07) is 0. The minimum atomic E-state index is -0.0298. The highest BCUT2D eigenvalue weighted by molar-refractivity contribution is 5.69. The zero-order valence-corrected chi connectivity index (χ0v) is 33.6. The van der Waals surface area contributed by atoms with Crippen LogP contribution in [-0.4, -0.2) is 42.2 Å². The molecule has 0 saturated carbocycles. The van der Waals surface area contributed by atoms with Crippen molar-refractivity contribution < 1.29 is 19.1 Å². The van der Waals surface area contributed by atoms with Crippen LogP contribution in [0.4, 0.5) is 0 Å². The minimum absolute atomic E-state index is 0.0171. The highest BCUT2D eigenvalue weighted by atomic mass is 16.5. The van der Waals surface area contributed by atoms with E-state index in [2.05, 4.69) is 20.8 Å². The molecule has 0 aliphatic rings. The Bertz CT molecular complexity index is 687. The Kier molecular flexibility index (Phi) is 37.2. The first-order valence-electron chi connectivity index (χ1n) is 21.8. The molecule has 0 amide bonds. The number of carbonyl (C=O) groups excluding carboxylic acids is 2. The molecule has 2 N–H and O–H groups in total. The first-order valence-corrected chi connectivity index (χ1v) is 21.8. The van der Waals surface area contributed by atoms with Gasteiger partial charge in [-0.25, -0.2) is 5.01 Å². The van der Waals surface area contributed by atoms with Crippen LogP contribution >= 0.6 is 0 Å². The number of nitrogens with zero attached hydrogens (tertiary/aromatic N) is 1. The first-order chi connectivity index (χ1) is 23.9. The van der Waals surface area contributed by atoms with Gasteiger partial charge in [-0.15, -0.1) is 0 Å². The third-order valence-corrected chi connectivity index (χ3v) is 10.0. The molecular formula is C43H86N2O4. The highest BCUT2D eigenvalue weighted by Crippen LogP contribution is 2.18. The summed E-state index contributed by atoms with van der Waals surface area (Å²) in [6.45, 7) is 10.7. The smallest absolute Gasteiger partial charge is 0.306 e. The van der Waals surface area contributed by atoms with Crippen molar-refractivity contribution in [3.05, 3.63) is 0 Å². The number of hydrazine groups is 1. The molecule has 6 nitrogen and oxygen atoms in total. The van der Waals surface area contributed by atoms with Crippen molar-refractivity contribution in [3.63, 3.8) is 0 Å². The standard InChI is InChI=1S/C43H86N2O4/c1-5-8-11-14-19-26-33-40(4)48-42(46)36-29-22-17-24-31-38-45(44)39-32-25-18-23-30-37-43(47)49-41(34-27-20-15-12-9-6-2)35-28-21-16-13-10-7-3/h40-41H,5-39,44H2,1-4H3. The summed E-state index contributed by atoms with van der Waals surface area (Å²) >= 11 is 0. The van der Waals surface area contributed by atoms with Gasteiger partial charge in [0, 0.05) is 25.9 Å². The predicted octanol–water partition coefficient (Wildman–Crippen LogP) is 12.9. The molecule has 292 valence electrons. The molecule has 1 unspecified atom stereocenters. The van der Waals surface area contributed by atoms with Gasteiger partial charge in [-0.05, 0) is 71.1 Å². The van der Waals surface area contributed by atoms with Crippen LogP contribution in [0.25, 0.3) is 0 Å². The topological polar surface area (TPSA) is 81.9 Å². The quantitative estimate of drug-likeness (QED) is 0.0298. The van der Waals surface area contributed by atoms with E-state index in [1.165, 1.54) is 109 Å². The molecule has 0 saturated heterocycles. The summed E-state index contributed by atoms with van der Waals surface area (Å²) in [5.41, 5.74) is 0. The second kappa shape index (κ2) is 38.1. The van der Waals surface area contributed by atoms with Gasteiger partial charge in [0.2, 0.25) is 0 Å². The van der Waals surface area contributed by atoms with E-state index in [4.69, 9.17) is 15.3 Å². The maximum absolute atomic E-state index is 12.6. The lowest BCUT2D eigenvalue weighted by molar-refractivity contribution is -0.150. The lowest BCUT2D eigenvalue weighted by Gasteiger charge is -2.18. The summed E-state index contributed by atoms with van der Waals surface area (Å²) < 4.78 is 11.6. The first kappa shape index (κ1) is 47.9. The molecule has 0 aromatic rings. The Morgan fingerprint density at radius 3 is 1.20 bits per heavy atom. The van der Waals surface area contributed by atoms with Gasteiger partial charge in [-0.2, -0.15) is 0 Å². The lowest BCUT2D eigenvalue weighted by Crippen LogP contribution is -2.32. The van der Waals surface area contributed by atoms with E-state index in [1.807, 2.05) is 11.9 Å². The maximum atomic E-state index is 12.6. The Morgan fingerprint density at radius 2 is 0.776 bits per heavy atom. The summed E-state index contributed by atoms with van der Waals surface area (Å²) in [6.07, 6.45) is 38.3. The van der Waals surface area contributed by atoms with Crippen LogP contribution in [0.5, 0.6) is 0 Å². The molecule has 0 radical (unpaired) electrons. The van der Waals surface area contributed by atoms with E-state index >= 15 is 0 Å². The van der Waals surface area contributed by atoms with E-state index in [0.29, 0.717) is 12.8 Å². The fourth-order valence-electron chi connectivity index (χ4n) is 6.71. The molecule has 0 fully saturated rings. The van der Waals surface area contributed by atoms with Gasteiger partial charge in [-0.1, -0.05) is 156 Å². The Balaban J connectivity index is 3.80. The van der Waals surface area contributed by atoms with Crippen LogP contribution in [0.3, 0.4) is 0 Å². The molecule has 6 heteroatoms. The zero-order chi connectivity index (χ0) is 36.0. The van der Waals surface area contributed by atoms with Crippen LogP contribution in [0.2, 0.25) is 0 Å².